The Balaban J connectivity index is 1.35. The van der Waals surface area contributed by atoms with Crippen molar-refractivity contribution in [1.82, 2.24) is 18.4 Å². The largest absolute Gasteiger partial charge is 0.379 e. The Kier molecular flexibility index (Phi) is 6.56. The molecule has 0 aromatic carbocycles. The van der Waals surface area contributed by atoms with Gasteiger partial charge in [0.2, 0.25) is 5.91 Å². The van der Waals surface area contributed by atoms with Crippen LogP contribution in [0, 0.1) is 5.92 Å². The second-order valence-electron chi connectivity index (χ2n) is 8.53. The lowest BCUT2D eigenvalue weighted by atomic mass is 10.2. The van der Waals surface area contributed by atoms with Gasteiger partial charge in [-0.15, -0.1) is 0 Å². The molecule has 1 saturated carbocycles. The van der Waals surface area contributed by atoms with Gasteiger partial charge < -0.3 is 14.5 Å². The molecule has 3 heterocycles. The van der Waals surface area contributed by atoms with Crippen molar-refractivity contribution in [2.75, 3.05) is 65.6 Å². The van der Waals surface area contributed by atoms with Crippen LogP contribution < -0.4 is 0 Å². The van der Waals surface area contributed by atoms with Crippen LogP contribution in [-0.2, 0) is 19.7 Å². The first kappa shape index (κ1) is 20.5. The van der Waals surface area contributed by atoms with Crippen molar-refractivity contribution in [2.24, 2.45) is 5.92 Å². The number of hydrogen-bond acceptors (Lipinski definition) is 5. The number of rotatable bonds is 8. The van der Waals surface area contributed by atoms with Gasteiger partial charge in [-0.05, 0) is 58.2 Å². The van der Waals surface area contributed by atoms with Crippen LogP contribution in [0.5, 0.6) is 0 Å². The smallest absolute Gasteiger partial charge is 0.282 e. The van der Waals surface area contributed by atoms with Crippen LogP contribution in [0.3, 0.4) is 0 Å². The standard InChI is InChI=1S/C19H34N4O4S/c24-19(17-4-5-17)23(10-3-9-20-7-1-2-8-20)18-6-11-22(16-18)28(25,26)21-12-14-27-15-13-21/h17-18H,1-16H2. The molecule has 28 heavy (non-hydrogen) atoms. The van der Waals surface area contributed by atoms with Crippen molar-refractivity contribution in [3.05, 3.63) is 0 Å². The SMILES string of the molecule is O=C(C1CC1)N(CCCN1CCCC1)C1CCN(S(=O)(=O)N2CCOCC2)C1. The number of ether oxygens (including phenoxy) is 1. The van der Waals surface area contributed by atoms with E-state index in [1.807, 2.05) is 4.90 Å². The van der Waals surface area contributed by atoms with E-state index in [1.165, 1.54) is 30.2 Å². The predicted octanol–water partition coefficient (Wildman–Crippen LogP) is 0.362. The van der Waals surface area contributed by atoms with Gasteiger partial charge in [-0.2, -0.15) is 17.0 Å². The molecule has 4 aliphatic rings. The quantitative estimate of drug-likeness (QED) is 0.574. The second kappa shape index (κ2) is 8.95. The summed E-state index contributed by atoms with van der Waals surface area (Å²) in [5.41, 5.74) is 0. The average Bonchev–Trinajstić information content (AvgIpc) is 3.20. The summed E-state index contributed by atoms with van der Waals surface area (Å²) in [6.07, 6.45) is 6.26. The van der Waals surface area contributed by atoms with E-state index >= 15 is 0 Å². The maximum absolute atomic E-state index is 12.9. The lowest BCUT2D eigenvalue weighted by Gasteiger charge is -2.32. The number of amides is 1. The number of hydrogen-bond donors (Lipinski definition) is 0. The van der Waals surface area contributed by atoms with Crippen LogP contribution in [0.15, 0.2) is 0 Å². The molecule has 3 saturated heterocycles. The van der Waals surface area contributed by atoms with E-state index in [0.29, 0.717) is 39.4 Å². The van der Waals surface area contributed by atoms with E-state index in [-0.39, 0.29) is 17.9 Å². The van der Waals surface area contributed by atoms with E-state index in [1.54, 1.807) is 4.31 Å². The van der Waals surface area contributed by atoms with Crippen LogP contribution in [0.4, 0.5) is 0 Å². The molecule has 1 amide bonds. The monoisotopic (exact) mass is 414 g/mol. The molecule has 4 fully saturated rings. The summed E-state index contributed by atoms with van der Waals surface area (Å²) >= 11 is 0. The molecule has 0 bridgehead atoms. The summed E-state index contributed by atoms with van der Waals surface area (Å²) in [6.45, 7) is 6.83. The summed E-state index contributed by atoms with van der Waals surface area (Å²) in [5.74, 6) is 0.425. The Hall–Kier alpha value is -0.740. The van der Waals surface area contributed by atoms with Crippen molar-refractivity contribution >= 4 is 16.1 Å². The third-order valence-corrected chi connectivity index (χ3v) is 8.47. The summed E-state index contributed by atoms with van der Waals surface area (Å²) in [4.78, 5) is 17.4. The van der Waals surface area contributed by atoms with Gasteiger partial charge in [0, 0.05) is 44.7 Å². The Bertz CT molecular complexity index is 642. The fourth-order valence-corrected chi connectivity index (χ4v) is 6.26. The van der Waals surface area contributed by atoms with E-state index < -0.39 is 10.2 Å². The number of carbonyl (C=O) groups is 1. The highest BCUT2D eigenvalue weighted by atomic mass is 32.2. The molecule has 1 unspecified atom stereocenters. The van der Waals surface area contributed by atoms with E-state index in [0.717, 1.165) is 38.8 Å². The molecule has 0 aromatic heterocycles. The van der Waals surface area contributed by atoms with Crippen LogP contribution in [-0.4, -0.2) is 104 Å². The van der Waals surface area contributed by atoms with Crippen LogP contribution in [0.1, 0.15) is 38.5 Å². The molecule has 3 aliphatic heterocycles. The normalized spacial score (nSPS) is 28.1. The second-order valence-corrected chi connectivity index (χ2v) is 10.5. The van der Waals surface area contributed by atoms with Crippen molar-refractivity contribution in [2.45, 2.75) is 44.6 Å². The van der Waals surface area contributed by atoms with Gasteiger partial charge in [0.05, 0.1) is 13.2 Å². The van der Waals surface area contributed by atoms with E-state index in [4.69, 9.17) is 4.74 Å². The molecule has 0 spiro atoms. The minimum Gasteiger partial charge on any atom is -0.379 e. The van der Waals surface area contributed by atoms with Crippen LogP contribution in [0.25, 0.3) is 0 Å². The molecule has 9 heteroatoms. The van der Waals surface area contributed by atoms with Gasteiger partial charge in [-0.25, -0.2) is 0 Å². The Morgan fingerprint density at radius 2 is 1.68 bits per heavy atom. The van der Waals surface area contributed by atoms with Crippen molar-refractivity contribution in [3.63, 3.8) is 0 Å². The molecule has 1 aliphatic carbocycles. The van der Waals surface area contributed by atoms with E-state index in [2.05, 4.69) is 4.90 Å². The van der Waals surface area contributed by atoms with Gasteiger partial charge in [0.25, 0.3) is 10.2 Å². The first-order chi connectivity index (χ1) is 13.6. The summed E-state index contributed by atoms with van der Waals surface area (Å²) in [5, 5.41) is 0. The maximum Gasteiger partial charge on any atom is 0.282 e. The summed E-state index contributed by atoms with van der Waals surface area (Å²) in [7, 11) is -3.45. The molecule has 0 radical (unpaired) electrons. The highest BCUT2D eigenvalue weighted by Gasteiger charge is 2.42. The minimum absolute atomic E-state index is 0.0162. The topological polar surface area (TPSA) is 73.4 Å². The molecule has 0 N–H and O–H groups in total. The Morgan fingerprint density at radius 1 is 0.964 bits per heavy atom. The Labute approximate surface area is 168 Å². The summed E-state index contributed by atoms with van der Waals surface area (Å²) in [6, 6.07) is 0.0162. The number of morpholine rings is 1. The lowest BCUT2D eigenvalue weighted by molar-refractivity contribution is -0.134. The molecule has 8 nitrogen and oxygen atoms in total. The van der Waals surface area contributed by atoms with Gasteiger partial charge in [0.15, 0.2) is 0 Å². The fourth-order valence-electron chi connectivity index (χ4n) is 4.62. The fraction of sp³-hybridized carbons (Fsp3) is 0.947. The molecule has 4 rings (SSSR count). The van der Waals surface area contributed by atoms with Crippen molar-refractivity contribution in [3.8, 4) is 0 Å². The van der Waals surface area contributed by atoms with Crippen molar-refractivity contribution in [1.29, 1.82) is 0 Å². The molecular formula is C19H34N4O4S. The zero-order chi connectivity index (χ0) is 19.6. The van der Waals surface area contributed by atoms with E-state index in [9.17, 15) is 13.2 Å². The summed E-state index contributed by atoms with van der Waals surface area (Å²) < 4.78 is 34.3. The highest BCUT2D eigenvalue weighted by Crippen LogP contribution is 2.33. The highest BCUT2D eigenvalue weighted by molar-refractivity contribution is 7.86. The third-order valence-electron chi connectivity index (χ3n) is 6.47. The first-order valence-corrected chi connectivity index (χ1v) is 12.3. The van der Waals surface area contributed by atoms with Gasteiger partial charge in [-0.3, -0.25) is 4.79 Å². The number of nitrogens with zero attached hydrogens (tertiary/aromatic N) is 4. The van der Waals surface area contributed by atoms with Crippen LogP contribution >= 0.6 is 0 Å². The van der Waals surface area contributed by atoms with Gasteiger partial charge >= 0.3 is 0 Å². The molecule has 0 aromatic rings. The average molecular weight is 415 g/mol. The minimum atomic E-state index is -3.45. The van der Waals surface area contributed by atoms with Crippen molar-refractivity contribution < 1.29 is 17.9 Å². The lowest BCUT2D eigenvalue weighted by Crippen LogP contribution is -2.49. The zero-order valence-corrected chi connectivity index (χ0v) is 17.6. The maximum atomic E-state index is 12.9. The van der Waals surface area contributed by atoms with Gasteiger partial charge in [0.1, 0.15) is 0 Å². The number of likely N-dealkylation sites (tertiary alicyclic amines) is 1. The zero-order valence-electron chi connectivity index (χ0n) is 16.8. The molecule has 1 atom stereocenters. The molecule has 160 valence electrons. The number of carbonyl (C=O) groups excluding carboxylic acids is 1. The van der Waals surface area contributed by atoms with Gasteiger partial charge in [-0.1, -0.05) is 0 Å². The molecular weight excluding hydrogens is 380 g/mol. The van der Waals surface area contributed by atoms with Crippen LogP contribution in [0.2, 0.25) is 0 Å². The Morgan fingerprint density at radius 3 is 2.36 bits per heavy atom. The third kappa shape index (κ3) is 4.70. The predicted molar refractivity (Wildman–Crippen MR) is 106 cm³/mol. The first-order valence-electron chi connectivity index (χ1n) is 10.9.